The topological polar surface area (TPSA) is 34.0 Å². The Kier molecular flexibility index (Phi) is 5.19. The summed E-state index contributed by atoms with van der Waals surface area (Å²) in [4.78, 5) is 12.5. The first-order valence-corrected chi connectivity index (χ1v) is 7.88. The van der Waals surface area contributed by atoms with E-state index in [1.165, 1.54) is 11.1 Å². The molecule has 0 aliphatic carbocycles. The largest absolute Gasteiger partial charge is 0.346 e. The van der Waals surface area contributed by atoms with Crippen molar-refractivity contribution in [2.45, 2.75) is 47.2 Å². The number of ketones is 1. The van der Waals surface area contributed by atoms with Gasteiger partial charge in [-0.25, -0.2) is 0 Å². The lowest BCUT2D eigenvalue weighted by Gasteiger charge is -2.13. The Morgan fingerprint density at radius 1 is 1.18 bits per heavy atom. The van der Waals surface area contributed by atoms with Crippen LogP contribution in [0.2, 0.25) is 0 Å². The normalized spacial score (nSPS) is 11.2. The molecule has 0 saturated carbocycles. The van der Waals surface area contributed by atoms with Gasteiger partial charge in [0.1, 0.15) is 0 Å². The predicted molar refractivity (Wildman–Crippen MR) is 91.5 cm³/mol. The first kappa shape index (κ1) is 16.5. The average molecular weight is 298 g/mol. The number of nitrogens with zero attached hydrogens (tertiary/aromatic N) is 1. The third kappa shape index (κ3) is 3.47. The zero-order valence-electron chi connectivity index (χ0n) is 14.2. The van der Waals surface area contributed by atoms with Crippen molar-refractivity contribution in [3.8, 4) is 0 Å². The quantitative estimate of drug-likeness (QED) is 0.819. The van der Waals surface area contributed by atoms with E-state index < -0.39 is 0 Å². The number of nitrogens with one attached hydrogen (secondary N) is 1. The van der Waals surface area contributed by atoms with E-state index in [9.17, 15) is 4.79 Å². The van der Waals surface area contributed by atoms with Gasteiger partial charge in [-0.3, -0.25) is 4.79 Å². The van der Waals surface area contributed by atoms with Crippen molar-refractivity contribution in [2.24, 2.45) is 0 Å². The van der Waals surface area contributed by atoms with Crippen molar-refractivity contribution in [2.75, 3.05) is 6.54 Å². The highest BCUT2D eigenvalue weighted by molar-refractivity contribution is 5.99. The zero-order valence-corrected chi connectivity index (χ0v) is 14.2. The minimum absolute atomic E-state index is 0.161. The summed E-state index contributed by atoms with van der Waals surface area (Å²) in [6.07, 6.45) is 0. The van der Waals surface area contributed by atoms with Crippen molar-refractivity contribution in [3.05, 3.63) is 58.4 Å². The van der Waals surface area contributed by atoms with E-state index in [2.05, 4.69) is 49.7 Å². The number of aromatic nitrogens is 1. The number of rotatable bonds is 6. The maximum atomic E-state index is 12.5. The van der Waals surface area contributed by atoms with Crippen LogP contribution in [0.4, 0.5) is 0 Å². The molecule has 0 fully saturated rings. The molecule has 0 aliphatic rings. The van der Waals surface area contributed by atoms with E-state index in [-0.39, 0.29) is 5.78 Å². The van der Waals surface area contributed by atoms with Gasteiger partial charge in [0.05, 0.1) is 6.54 Å². The molecule has 1 aromatic heterocycles. The highest BCUT2D eigenvalue weighted by atomic mass is 16.1. The summed E-state index contributed by atoms with van der Waals surface area (Å²) in [5.41, 5.74) is 5.54. The zero-order chi connectivity index (χ0) is 16.3. The van der Waals surface area contributed by atoms with E-state index in [0.29, 0.717) is 12.6 Å². The lowest BCUT2D eigenvalue weighted by atomic mass is 10.1. The Balaban J connectivity index is 2.02. The van der Waals surface area contributed by atoms with E-state index in [4.69, 9.17) is 0 Å². The summed E-state index contributed by atoms with van der Waals surface area (Å²) in [5, 5.41) is 3.27. The summed E-state index contributed by atoms with van der Waals surface area (Å²) >= 11 is 0. The molecule has 0 saturated heterocycles. The Bertz CT molecular complexity index is 668. The van der Waals surface area contributed by atoms with E-state index in [1.54, 1.807) is 0 Å². The fraction of sp³-hybridized carbons (Fsp3) is 0.421. The first-order chi connectivity index (χ1) is 10.4. The molecule has 2 rings (SSSR count). The van der Waals surface area contributed by atoms with Crippen LogP contribution in [0, 0.1) is 20.8 Å². The van der Waals surface area contributed by atoms with E-state index in [0.717, 1.165) is 23.5 Å². The minimum Gasteiger partial charge on any atom is -0.346 e. The fourth-order valence-corrected chi connectivity index (χ4v) is 3.07. The maximum Gasteiger partial charge on any atom is 0.178 e. The number of hydrogen-bond acceptors (Lipinski definition) is 2. The summed E-state index contributed by atoms with van der Waals surface area (Å²) in [7, 11) is 0. The summed E-state index contributed by atoms with van der Waals surface area (Å²) in [5.74, 6) is 0.161. The average Bonchev–Trinajstić information content (AvgIpc) is 2.76. The smallest absolute Gasteiger partial charge is 0.178 e. The van der Waals surface area contributed by atoms with Crippen LogP contribution in [0.1, 0.15) is 52.8 Å². The predicted octanol–water partition coefficient (Wildman–Crippen LogP) is 3.97. The number of Topliss-reactive ketones (excluding diaryl/α,β-unsaturated/α-hetero) is 1. The molecule has 1 N–H and O–H groups in total. The molecule has 1 heterocycles. The van der Waals surface area contributed by atoms with E-state index >= 15 is 0 Å². The van der Waals surface area contributed by atoms with Crippen LogP contribution in [0.15, 0.2) is 30.3 Å². The van der Waals surface area contributed by atoms with Gasteiger partial charge >= 0.3 is 0 Å². The van der Waals surface area contributed by atoms with Crippen LogP contribution < -0.4 is 5.32 Å². The molecule has 0 unspecified atom stereocenters. The number of carbonyl (C=O) groups excluding carboxylic acids is 1. The molecule has 3 heteroatoms. The summed E-state index contributed by atoms with van der Waals surface area (Å²) in [6, 6.07) is 10.6. The van der Waals surface area contributed by atoms with Gasteiger partial charge in [-0.2, -0.15) is 0 Å². The fourth-order valence-electron chi connectivity index (χ4n) is 3.07. The van der Waals surface area contributed by atoms with Crippen molar-refractivity contribution >= 4 is 5.78 Å². The van der Waals surface area contributed by atoms with Crippen molar-refractivity contribution < 1.29 is 4.79 Å². The van der Waals surface area contributed by atoms with Crippen LogP contribution >= 0.6 is 0 Å². The van der Waals surface area contributed by atoms with Crippen LogP contribution in [0.3, 0.4) is 0 Å². The molecule has 0 spiro atoms. The molecule has 0 amide bonds. The van der Waals surface area contributed by atoms with Crippen LogP contribution in [-0.4, -0.2) is 16.9 Å². The molecule has 0 atom stereocenters. The van der Waals surface area contributed by atoms with Gasteiger partial charge < -0.3 is 9.88 Å². The van der Waals surface area contributed by atoms with Gasteiger partial charge in [0, 0.05) is 29.5 Å². The SMILES string of the molecule is Cc1ccccc1CNCC(=O)c1cc(C)n(C(C)C)c1C. The monoisotopic (exact) mass is 298 g/mol. The van der Waals surface area contributed by atoms with Gasteiger partial charge in [-0.1, -0.05) is 24.3 Å². The second kappa shape index (κ2) is 6.93. The van der Waals surface area contributed by atoms with Crippen LogP contribution in [-0.2, 0) is 6.54 Å². The summed E-state index contributed by atoms with van der Waals surface area (Å²) in [6.45, 7) is 11.6. The molecule has 2 aromatic rings. The van der Waals surface area contributed by atoms with E-state index in [1.807, 2.05) is 25.1 Å². The third-order valence-corrected chi connectivity index (χ3v) is 4.16. The van der Waals surface area contributed by atoms with Gasteiger partial charge in [0.2, 0.25) is 0 Å². The first-order valence-electron chi connectivity index (χ1n) is 7.88. The minimum atomic E-state index is 0.161. The Morgan fingerprint density at radius 3 is 2.45 bits per heavy atom. The van der Waals surface area contributed by atoms with Crippen molar-refractivity contribution in [1.29, 1.82) is 0 Å². The highest BCUT2D eigenvalue weighted by Crippen LogP contribution is 2.20. The molecule has 22 heavy (non-hydrogen) atoms. The Hall–Kier alpha value is -1.87. The standard InChI is InChI=1S/C19H26N2O/c1-13(2)21-15(4)10-18(16(21)5)19(22)12-20-11-17-9-7-6-8-14(17)3/h6-10,13,20H,11-12H2,1-5H3. The molecule has 118 valence electrons. The van der Waals surface area contributed by atoms with Gasteiger partial charge in [-0.05, 0) is 51.8 Å². The van der Waals surface area contributed by atoms with Crippen LogP contribution in [0.25, 0.3) is 0 Å². The maximum absolute atomic E-state index is 12.5. The van der Waals surface area contributed by atoms with Gasteiger partial charge in [0.15, 0.2) is 5.78 Å². The second-order valence-corrected chi connectivity index (χ2v) is 6.20. The highest BCUT2D eigenvalue weighted by Gasteiger charge is 2.16. The lowest BCUT2D eigenvalue weighted by molar-refractivity contribution is 0.0990. The van der Waals surface area contributed by atoms with Gasteiger partial charge in [-0.15, -0.1) is 0 Å². The lowest BCUT2D eigenvalue weighted by Crippen LogP contribution is -2.23. The number of hydrogen-bond donors (Lipinski definition) is 1. The third-order valence-electron chi connectivity index (χ3n) is 4.16. The molecule has 1 aromatic carbocycles. The van der Waals surface area contributed by atoms with Crippen LogP contribution in [0.5, 0.6) is 0 Å². The molecule has 0 bridgehead atoms. The second-order valence-electron chi connectivity index (χ2n) is 6.20. The van der Waals surface area contributed by atoms with Crippen molar-refractivity contribution in [1.82, 2.24) is 9.88 Å². The molecule has 0 radical (unpaired) electrons. The molecular formula is C19H26N2O. The number of benzene rings is 1. The number of carbonyl (C=O) groups is 1. The molecule has 0 aliphatic heterocycles. The Morgan fingerprint density at radius 2 is 1.86 bits per heavy atom. The van der Waals surface area contributed by atoms with Crippen molar-refractivity contribution in [3.63, 3.8) is 0 Å². The van der Waals surface area contributed by atoms with Gasteiger partial charge in [0.25, 0.3) is 0 Å². The Labute approximate surface area is 133 Å². The summed E-state index contributed by atoms with van der Waals surface area (Å²) < 4.78 is 2.22. The molecular weight excluding hydrogens is 272 g/mol. The molecule has 3 nitrogen and oxygen atoms in total. The number of aryl methyl sites for hydroxylation is 2.